The second kappa shape index (κ2) is 28.5. The van der Waals surface area contributed by atoms with Crippen molar-refractivity contribution in [1.29, 1.82) is 0 Å². The minimum atomic E-state index is -5.17. The molecule has 88 heavy (non-hydrogen) atoms. The van der Waals surface area contributed by atoms with Gasteiger partial charge in [-0.3, -0.25) is 32.4 Å². The summed E-state index contributed by atoms with van der Waals surface area (Å²) < 4.78 is 214. The van der Waals surface area contributed by atoms with E-state index >= 15 is 0 Å². The molecule has 2 atom stereocenters. The van der Waals surface area contributed by atoms with E-state index in [1.165, 1.54) is 25.3 Å². The van der Waals surface area contributed by atoms with Gasteiger partial charge in [0.1, 0.15) is 16.4 Å². The number of ether oxygens (including phenoxy) is 6. The fraction of sp³-hybridized carbons (Fsp3) is 0.455. The van der Waals surface area contributed by atoms with Crippen molar-refractivity contribution >= 4 is 107 Å². The highest BCUT2D eigenvalue weighted by Crippen LogP contribution is 2.54. The Morgan fingerprint density at radius 2 is 1.12 bits per heavy atom. The van der Waals surface area contributed by atoms with Crippen LogP contribution in [0.25, 0.3) is 21.5 Å². The van der Waals surface area contributed by atoms with Gasteiger partial charge in [-0.25, -0.2) is 4.79 Å². The molecule has 4 aromatic rings. The van der Waals surface area contributed by atoms with Crippen molar-refractivity contribution in [2.24, 2.45) is 0 Å². The number of carbonyl (C=O) groups is 3. The van der Waals surface area contributed by atoms with Crippen LogP contribution in [-0.4, -0.2) is 197 Å². The number of allylic oxidation sites excluding steroid dienone is 6. The fourth-order valence-electron chi connectivity index (χ4n) is 11.0. The standard InChI is InChI=1S/C55H67N3O25S5/c1-54(18-8-32-84(62,63)64)47(56(20-24-77-3)43-13-11-39-41(52(43)54)33-37(85(65,66)67)35-45(39)87(71,72)73)9-6-5-7-10-48-55(2,19-23-80-28-29-82-31-30-81-27-26-78-4)53-42-34-38(86(68,69)70)36-46(88(74,75)76)40(42)12-14-44(53)57(48)21-25-79-22-17-51(61)83-58-49(59)15-16-50(58)60/h5-7,9-14,33-36H,8,15-32H2,1-4H3,(H4-,62,63,64,65,66,67,68,69,70,71,72,73,74,75,76)/p+1. The number of hydrogen-bond donors (Lipinski definition) is 5. The van der Waals surface area contributed by atoms with Gasteiger partial charge in [0.25, 0.3) is 62.4 Å². The van der Waals surface area contributed by atoms with Gasteiger partial charge < -0.3 is 38.2 Å². The minimum absolute atomic E-state index is 0.00288. The molecule has 28 nitrogen and oxygen atoms in total. The molecular weight excluding hydrogens is 1260 g/mol. The van der Waals surface area contributed by atoms with Gasteiger partial charge in [0.05, 0.1) is 80.2 Å². The Labute approximate surface area is 509 Å². The maximum atomic E-state index is 13.0. The van der Waals surface area contributed by atoms with Gasteiger partial charge in [0.15, 0.2) is 12.3 Å². The number of methoxy groups -OCH3 is 2. The second-order valence-electron chi connectivity index (χ2n) is 20.9. The summed E-state index contributed by atoms with van der Waals surface area (Å²) in [5.41, 5.74) is -0.418. The molecule has 0 radical (unpaired) electrons. The molecule has 33 heteroatoms. The van der Waals surface area contributed by atoms with Gasteiger partial charge in [-0.15, -0.1) is 5.06 Å². The van der Waals surface area contributed by atoms with E-state index in [4.69, 9.17) is 33.3 Å². The Morgan fingerprint density at radius 3 is 1.67 bits per heavy atom. The predicted molar refractivity (Wildman–Crippen MR) is 314 cm³/mol. The predicted octanol–water partition coefficient (Wildman–Crippen LogP) is 4.52. The van der Waals surface area contributed by atoms with E-state index in [0.29, 0.717) is 58.8 Å². The van der Waals surface area contributed by atoms with Crippen LogP contribution >= 0.6 is 0 Å². The van der Waals surface area contributed by atoms with Crippen LogP contribution in [0.2, 0.25) is 0 Å². The van der Waals surface area contributed by atoms with E-state index in [9.17, 15) is 79.2 Å². The zero-order valence-electron chi connectivity index (χ0n) is 48.2. The third-order valence-corrected chi connectivity index (χ3v) is 19.3. The zero-order chi connectivity index (χ0) is 64.6. The summed E-state index contributed by atoms with van der Waals surface area (Å²) in [7, 11) is -22.1. The van der Waals surface area contributed by atoms with E-state index in [2.05, 4.69) is 0 Å². The minimum Gasteiger partial charge on any atom is -0.382 e. The molecule has 3 heterocycles. The lowest BCUT2D eigenvalue weighted by molar-refractivity contribution is -0.441. The Bertz CT molecular complexity index is 4060. The fourth-order valence-corrected chi connectivity index (χ4v) is 14.2. The lowest BCUT2D eigenvalue weighted by Crippen LogP contribution is -2.33. The molecule has 5 N–H and O–H groups in total. The van der Waals surface area contributed by atoms with Crippen molar-refractivity contribution < 1.29 is 117 Å². The summed E-state index contributed by atoms with van der Waals surface area (Å²) >= 11 is 0. The largest absolute Gasteiger partial charge is 0.382 e. The Morgan fingerprint density at radius 1 is 0.591 bits per heavy atom. The number of nitrogens with zero attached hydrogens (tertiary/aromatic N) is 3. The highest BCUT2D eigenvalue weighted by Gasteiger charge is 2.50. The maximum Gasteiger partial charge on any atom is 0.335 e. The van der Waals surface area contributed by atoms with Crippen LogP contribution in [0.3, 0.4) is 0 Å². The highest BCUT2D eigenvalue weighted by molar-refractivity contribution is 7.87. The Balaban J connectivity index is 1.34. The topological polar surface area (TPSA) is 397 Å². The van der Waals surface area contributed by atoms with Crippen molar-refractivity contribution in [1.82, 2.24) is 5.06 Å². The summed E-state index contributed by atoms with van der Waals surface area (Å²) in [6.45, 7) is 4.77. The average molecular weight is 1330 g/mol. The third kappa shape index (κ3) is 16.3. The SMILES string of the molecule is COCCOCCOCCOCCC1(C)\C(=C/C=C/C=C/C2=[N+](CCOC)c3ccc4c(S(=O)(=O)O)cc(S(=O)(=O)O)cc4c3C2(C)CCCS(=O)(=O)O)N(CCOCCC(=O)ON2C(=O)CCC2=O)c2ccc3c(S(=O)(=O)O)cc(S(=O)(=O)O)cc3c21. The zero-order valence-corrected chi connectivity index (χ0v) is 52.3. The van der Waals surface area contributed by atoms with Crippen LogP contribution in [0.4, 0.5) is 11.4 Å². The molecule has 0 spiro atoms. The number of fused-ring (bicyclic) bond motifs is 6. The van der Waals surface area contributed by atoms with Gasteiger partial charge in [0, 0.05) is 85.5 Å². The maximum absolute atomic E-state index is 13.0. The first-order valence-electron chi connectivity index (χ1n) is 27.2. The molecular formula is C55H68N3O25S5+. The number of imide groups is 1. The van der Waals surface area contributed by atoms with Crippen molar-refractivity contribution in [3.05, 3.63) is 95.7 Å². The van der Waals surface area contributed by atoms with E-state index in [1.54, 1.807) is 66.9 Å². The van der Waals surface area contributed by atoms with Crippen LogP contribution < -0.4 is 4.90 Å². The third-order valence-electron chi connectivity index (χ3n) is 15.0. The first-order chi connectivity index (χ1) is 41.3. The van der Waals surface area contributed by atoms with Gasteiger partial charge in [-0.05, 0) is 91.9 Å². The van der Waals surface area contributed by atoms with Gasteiger partial charge in [-0.1, -0.05) is 24.3 Å². The van der Waals surface area contributed by atoms with E-state index in [0.717, 1.165) is 12.1 Å². The molecule has 0 aliphatic carbocycles. The molecule has 4 aromatic carbocycles. The summed E-state index contributed by atoms with van der Waals surface area (Å²) in [5.74, 6) is -3.00. The first-order valence-corrected chi connectivity index (χ1v) is 34.5. The van der Waals surface area contributed by atoms with Crippen molar-refractivity contribution in [3.63, 3.8) is 0 Å². The molecule has 2 unspecified atom stereocenters. The summed E-state index contributed by atoms with van der Waals surface area (Å²) in [6, 6.07) is 9.09. The molecule has 3 aliphatic rings. The molecule has 0 saturated carbocycles. The number of hydroxylamine groups is 2. The molecule has 7 rings (SSSR count). The number of carbonyl (C=O) groups excluding carboxylic acids is 3. The van der Waals surface area contributed by atoms with E-state index in [1.807, 2.05) is 0 Å². The molecule has 1 fully saturated rings. The lowest BCUT2D eigenvalue weighted by atomic mass is 9.74. The molecule has 2 amide bonds. The number of benzene rings is 4. The number of rotatable bonds is 33. The Hall–Kier alpha value is -5.99. The smallest absolute Gasteiger partial charge is 0.335 e. The Kier molecular flexibility index (Phi) is 22.5. The first kappa shape index (κ1) is 69.5. The summed E-state index contributed by atoms with van der Waals surface area (Å²) in [6.07, 6.45) is 7.34. The molecule has 3 aliphatic heterocycles. The molecule has 0 bridgehead atoms. The van der Waals surface area contributed by atoms with Crippen LogP contribution in [-0.2, 0) is 109 Å². The lowest BCUT2D eigenvalue weighted by Gasteiger charge is -2.31. The number of anilines is 1. The van der Waals surface area contributed by atoms with Crippen LogP contribution in [0, 0.1) is 0 Å². The average Bonchev–Trinajstić information content (AvgIpc) is 2.06. The quantitative estimate of drug-likeness (QED) is 0.0144. The monoisotopic (exact) mass is 1330 g/mol. The number of hydrogen-bond acceptors (Lipinski definition) is 21. The van der Waals surface area contributed by atoms with Gasteiger partial charge in [-0.2, -0.15) is 46.7 Å². The van der Waals surface area contributed by atoms with Crippen molar-refractivity contribution in [3.8, 4) is 0 Å². The van der Waals surface area contributed by atoms with Gasteiger partial charge >= 0.3 is 5.97 Å². The molecule has 482 valence electrons. The molecule has 1 saturated heterocycles. The highest BCUT2D eigenvalue weighted by atomic mass is 32.2. The van der Waals surface area contributed by atoms with Crippen LogP contribution in [0.5, 0.6) is 0 Å². The molecule has 0 aromatic heterocycles. The van der Waals surface area contributed by atoms with E-state index in [-0.39, 0.29) is 132 Å². The van der Waals surface area contributed by atoms with Crippen LogP contribution in [0.1, 0.15) is 63.5 Å². The van der Waals surface area contributed by atoms with Crippen molar-refractivity contribution in [2.75, 3.05) is 104 Å². The normalized spacial score (nSPS) is 19.0. The second-order valence-corrected chi connectivity index (χ2v) is 28.1. The van der Waals surface area contributed by atoms with Crippen molar-refractivity contribution in [2.45, 2.75) is 82.8 Å². The van der Waals surface area contributed by atoms with E-state index < -0.39 is 105 Å². The number of amides is 2. The van der Waals surface area contributed by atoms with Crippen LogP contribution in [0.15, 0.2) is 104 Å². The summed E-state index contributed by atoms with van der Waals surface area (Å²) in [5, 5.41) is 0.0966. The van der Waals surface area contributed by atoms with Gasteiger partial charge in [0.2, 0.25) is 5.69 Å². The summed E-state index contributed by atoms with van der Waals surface area (Å²) in [4.78, 5) is 40.2.